The van der Waals surface area contributed by atoms with Gasteiger partial charge < -0.3 is 19.9 Å². The van der Waals surface area contributed by atoms with Gasteiger partial charge in [-0.25, -0.2) is 4.79 Å². The lowest BCUT2D eigenvalue weighted by molar-refractivity contribution is -0.138. The van der Waals surface area contributed by atoms with E-state index in [0.29, 0.717) is 25.0 Å². The molecule has 124 valence electrons. The molecule has 0 aliphatic rings. The maximum Gasteiger partial charge on any atom is 0.349 e. The predicted molar refractivity (Wildman–Crippen MR) is 83.8 cm³/mol. The average molecular weight is 310 g/mol. The monoisotopic (exact) mass is 310 g/mol. The zero-order valence-corrected chi connectivity index (χ0v) is 13.4. The van der Waals surface area contributed by atoms with Crippen molar-refractivity contribution in [1.29, 1.82) is 5.26 Å². The van der Waals surface area contributed by atoms with E-state index in [-0.39, 0.29) is 18.8 Å². The Bertz CT molecular complexity index is 411. The molecule has 0 rings (SSSR count). The second-order valence-electron chi connectivity index (χ2n) is 4.61. The molecule has 0 aromatic heterocycles. The molecule has 0 aliphatic heterocycles. The summed E-state index contributed by atoms with van der Waals surface area (Å²) in [5.74, 6) is -0.636. The van der Waals surface area contributed by atoms with Gasteiger partial charge in [0.1, 0.15) is 11.6 Å². The number of carbonyl (C=O) groups is 1. The predicted octanol–water partition coefficient (Wildman–Crippen LogP) is 1.67. The highest BCUT2D eigenvalue weighted by molar-refractivity contribution is 5.94. The first-order chi connectivity index (χ1) is 10.7. The van der Waals surface area contributed by atoms with Gasteiger partial charge in [-0.15, -0.1) is 0 Å². The zero-order chi connectivity index (χ0) is 16.6. The lowest BCUT2D eigenvalue weighted by atomic mass is 10.0. The van der Waals surface area contributed by atoms with Crippen molar-refractivity contribution in [3.63, 3.8) is 0 Å². The normalized spacial score (nSPS) is 11.9. The summed E-state index contributed by atoms with van der Waals surface area (Å²) in [6, 6.07) is 1.92. The smallest absolute Gasteiger partial charge is 0.349 e. The first-order valence-corrected chi connectivity index (χ1v) is 7.51. The van der Waals surface area contributed by atoms with Gasteiger partial charge in [0.05, 0.1) is 6.61 Å². The SMILES string of the molecule is CCCC(/C=C/NCCCOC)=C(\C#N)C(=O)OCCCO. The van der Waals surface area contributed by atoms with Gasteiger partial charge in [0.15, 0.2) is 0 Å². The minimum absolute atomic E-state index is 0.0229. The van der Waals surface area contributed by atoms with E-state index in [9.17, 15) is 10.1 Å². The molecular formula is C16H26N2O4. The molecule has 0 spiro atoms. The first kappa shape index (κ1) is 20.2. The Hall–Kier alpha value is -1.84. The third-order valence-electron chi connectivity index (χ3n) is 2.76. The molecule has 0 aromatic rings. The summed E-state index contributed by atoms with van der Waals surface area (Å²) in [5, 5.41) is 21.0. The summed E-state index contributed by atoms with van der Waals surface area (Å²) in [7, 11) is 1.65. The van der Waals surface area contributed by atoms with Crippen LogP contribution in [0.25, 0.3) is 0 Å². The number of nitriles is 1. The maximum absolute atomic E-state index is 11.9. The van der Waals surface area contributed by atoms with E-state index in [1.54, 1.807) is 19.4 Å². The minimum atomic E-state index is -0.636. The van der Waals surface area contributed by atoms with Crippen LogP contribution in [0.1, 0.15) is 32.6 Å². The van der Waals surface area contributed by atoms with E-state index in [0.717, 1.165) is 19.4 Å². The van der Waals surface area contributed by atoms with Gasteiger partial charge in [-0.1, -0.05) is 13.3 Å². The number of hydrogen-bond donors (Lipinski definition) is 2. The summed E-state index contributed by atoms with van der Waals surface area (Å²) < 4.78 is 9.92. The van der Waals surface area contributed by atoms with Crippen LogP contribution < -0.4 is 5.32 Å². The number of esters is 1. The molecule has 0 fully saturated rings. The third-order valence-corrected chi connectivity index (χ3v) is 2.76. The van der Waals surface area contributed by atoms with Gasteiger partial charge >= 0.3 is 5.97 Å². The Labute approximate surface area is 132 Å². The summed E-state index contributed by atoms with van der Waals surface area (Å²) in [6.07, 6.45) is 6.15. The lowest BCUT2D eigenvalue weighted by Gasteiger charge is -2.07. The molecule has 6 nitrogen and oxygen atoms in total. The molecule has 2 N–H and O–H groups in total. The molecule has 0 atom stereocenters. The van der Waals surface area contributed by atoms with Crippen molar-refractivity contribution in [3.8, 4) is 6.07 Å². The van der Waals surface area contributed by atoms with Crippen LogP contribution in [0, 0.1) is 11.3 Å². The van der Waals surface area contributed by atoms with E-state index in [4.69, 9.17) is 14.6 Å². The molecule has 6 heteroatoms. The number of ether oxygens (including phenoxy) is 2. The first-order valence-electron chi connectivity index (χ1n) is 7.51. The van der Waals surface area contributed by atoms with Crippen LogP contribution in [0.4, 0.5) is 0 Å². The molecule has 0 unspecified atom stereocenters. The number of methoxy groups -OCH3 is 1. The molecule has 0 saturated heterocycles. The van der Waals surface area contributed by atoms with Gasteiger partial charge in [-0.3, -0.25) is 0 Å². The maximum atomic E-state index is 11.9. The fraction of sp³-hybridized carbons (Fsp3) is 0.625. The van der Waals surface area contributed by atoms with Crippen molar-refractivity contribution in [2.24, 2.45) is 0 Å². The molecule has 0 aromatic carbocycles. The largest absolute Gasteiger partial charge is 0.461 e. The van der Waals surface area contributed by atoms with Crippen LogP contribution in [0.15, 0.2) is 23.4 Å². The van der Waals surface area contributed by atoms with Crippen LogP contribution in [0.2, 0.25) is 0 Å². The number of aliphatic hydroxyl groups is 1. The van der Waals surface area contributed by atoms with Crippen molar-refractivity contribution >= 4 is 5.97 Å². The zero-order valence-electron chi connectivity index (χ0n) is 13.4. The number of hydrogen-bond acceptors (Lipinski definition) is 6. The number of rotatable bonds is 12. The van der Waals surface area contributed by atoms with Crippen LogP contribution in [-0.2, 0) is 14.3 Å². The second kappa shape index (κ2) is 14.1. The fourth-order valence-corrected chi connectivity index (χ4v) is 1.67. The van der Waals surface area contributed by atoms with E-state index >= 15 is 0 Å². The van der Waals surface area contributed by atoms with Crippen molar-refractivity contribution in [2.75, 3.05) is 33.5 Å². The average Bonchev–Trinajstić information content (AvgIpc) is 2.51. The van der Waals surface area contributed by atoms with E-state index < -0.39 is 5.97 Å². The summed E-state index contributed by atoms with van der Waals surface area (Å²) in [5.41, 5.74) is 0.674. The summed E-state index contributed by atoms with van der Waals surface area (Å²) in [6.45, 7) is 3.47. The van der Waals surface area contributed by atoms with Crippen LogP contribution in [0.5, 0.6) is 0 Å². The molecular weight excluding hydrogens is 284 g/mol. The van der Waals surface area contributed by atoms with Gasteiger partial charge in [0.25, 0.3) is 0 Å². The van der Waals surface area contributed by atoms with Crippen LogP contribution in [-0.4, -0.2) is 44.6 Å². The van der Waals surface area contributed by atoms with Gasteiger partial charge in [0, 0.05) is 33.3 Å². The Morgan fingerprint density at radius 2 is 2.14 bits per heavy atom. The topological polar surface area (TPSA) is 91.6 Å². The third kappa shape index (κ3) is 9.16. The molecule has 22 heavy (non-hydrogen) atoms. The number of carbonyl (C=O) groups excluding carboxylic acids is 1. The van der Waals surface area contributed by atoms with E-state index in [2.05, 4.69) is 5.32 Å². The Morgan fingerprint density at radius 3 is 2.73 bits per heavy atom. The van der Waals surface area contributed by atoms with Crippen molar-refractivity contribution < 1.29 is 19.4 Å². The number of allylic oxidation sites excluding steroid dienone is 2. The molecule has 0 saturated carbocycles. The van der Waals surface area contributed by atoms with Crippen LogP contribution >= 0.6 is 0 Å². The Balaban J connectivity index is 4.70. The molecule has 0 bridgehead atoms. The van der Waals surface area contributed by atoms with E-state index in [1.807, 2.05) is 13.0 Å². The molecule has 0 amide bonds. The molecule has 0 aliphatic carbocycles. The van der Waals surface area contributed by atoms with Crippen molar-refractivity contribution in [3.05, 3.63) is 23.4 Å². The Kier molecular flexibility index (Phi) is 12.9. The van der Waals surface area contributed by atoms with E-state index in [1.165, 1.54) is 0 Å². The quantitative estimate of drug-likeness (QED) is 0.187. The number of nitrogens with zero attached hydrogens (tertiary/aromatic N) is 1. The Morgan fingerprint density at radius 1 is 1.36 bits per heavy atom. The number of nitrogens with one attached hydrogen (secondary N) is 1. The standard InChI is InChI=1S/C16H26N2O4/c1-3-6-14(7-9-18-8-4-11-21-2)15(13-17)16(20)22-12-5-10-19/h7,9,18-19H,3-6,8,10-12H2,1-2H3/b9-7+,15-14-. The molecule has 0 radical (unpaired) electrons. The second-order valence-corrected chi connectivity index (χ2v) is 4.61. The minimum Gasteiger partial charge on any atom is -0.461 e. The highest BCUT2D eigenvalue weighted by Gasteiger charge is 2.14. The van der Waals surface area contributed by atoms with Crippen LogP contribution in [0.3, 0.4) is 0 Å². The highest BCUT2D eigenvalue weighted by Crippen LogP contribution is 2.14. The van der Waals surface area contributed by atoms with Crippen molar-refractivity contribution in [1.82, 2.24) is 5.32 Å². The van der Waals surface area contributed by atoms with Gasteiger partial charge in [0.2, 0.25) is 0 Å². The van der Waals surface area contributed by atoms with Gasteiger partial charge in [-0.05, 0) is 30.7 Å². The lowest BCUT2D eigenvalue weighted by Crippen LogP contribution is -2.12. The highest BCUT2D eigenvalue weighted by atomic mass is 16.5. The summed E-state index contributed by atoms with van der Waals surface area (Å²) in [4.78, 5) is 11.9. The number of aliphatic hydroxyl groups excluding tert-OH is 1. The summed E-state index contributed by atoms with van der Waals surface area (Å²) >= 11 is 0. The molecule has 0 heterocycles. The van der Waals surface area contributed by atoms with Crippen molar-refractivity contribution in [2.45, 2.75) is 32.6 Å². The van der Waals surface area contributed by atoms with Gasteiger partial charge in [-0.2, -0.15) is 5.26 Å². The fourth-order valence-electron chi connectivity index (χ4n) is 1.67.